The molecule has 0 spiro atoms. The van der Waals surface area contributed by atoms with Crippen LogP contribution in [0.5, 0.6) is 5.75 Å². The fourth-order valence-corrected chi connectivity index (χ4v) is 2.42. The first-order valence-electron chi connectivity index (χ1n) is 7.09. The lowest BCUT2D eigenvalue weighted by Crippen LogP contribution is -2.44. The average Bonchev–Trinajstić information content (AvgIpc) is 2.97. The van der Waals surface area contributed by atoms with Crippen molar-refractivity contribution in [2.24, 2.45) is 0 Å². The molecule has 0 aromatic heterocycles. The average molecular weight is 317 g/mol. The molecule has 1 heterocycles. The Morgan fingerprint density at radius 3 is 2.71 bits per heavy atom. The lowest BCUT2D eigenvalue weighted by Gasteiger charge is -2.28. The van der Waals surface area contributed by atoms with Crippen LogP contribution in [0.2, 0.25) is 0 Å². The number of nitrogens with one attached hydrogen (secondary N) is 1. The van der Waals surface area contributed by atoms with Crippen molar-refractivity contribution < 1.29 is 13.9 Å². The third-order valence-corrected chi connectivity index (χ3v) is 3.44. The summed E-state index contributed by atoms with van der Waals surface area (Å²) in [5.41, 5.74) is 0. The molecule has 1 aromatic rings. The van der Waals surface area contributed by atoms with E-state index >= 15 is 0 Å². The van der Waals surface area contributed by atoms with Gasteiger partial charge < -0.3 is 15.0 Å². The monoisotopic (exact) mass is 316 g/mol. The van der Waals surface area contributed by atoms with Gasteiger partial charge in [0.15, 0.2) is 6.61 Å². The minimum Gasteiger partial charge on any atom is -0.484 e. The van der Waals surface area contributed by atoms with Crippen molar-refractivity contribution >= 4 is 18.3 Å². The number of ether oxygens (including phenoxy) is 1. The molecule has 118 valence electrons. The van der Waals surface area contributed by atoms with Crippen LogP contribution in [-0.4, -0.2) is 43.1 Å². The highest BCUT2D eigenvalue weighted by atomic mass is 35.5. The van der Waals surface area contributed by atoms with Crippen LogP contribution < -0.4 is 10.1 Å². The molecule has 1 atom stereocenters. The molecule has 0 aliphatic carbocycles. The quantitative estimate of drug-likeness (QED) is 0.875. The summed E-state index contributed by atoms with van der Waals surface area (Å²) in [6.07, 6.45) is 1.92. The van der Waals surface area contributed by atoms with Crippen LogP contribution in [0.1, 0.15) is 19.8 Å². The minimum absolute atomic E-state index is 0. The minimum atomic E-state index is -0.312. The number of hydrogen-bond donors (Lipinski definition) is 1. The van der Waals surface area contributed by atoms with Gasteiger partial charge in [0.05, 0.1) is 0 Å². The zero-order chi connectivity index (χ0) is 14.4. The van der Waals surface area contributed by atoms with Crippen LogP contribution in [-0.2, 0) is 4.79 Å². The summed E-state index contributed by atoms with van der Waals surface area (Å²) in [6, 6.07) is 5.97. The van der Waals surface area contributed by atoms with Crippen molar-refractivity contribution in [3.63, 3.8) is 0 Å². The molecule has 21 heavy (non-hydrogen) atoms. The van der Waals surface area contributed by atoms with Crippen molar-refractivity contribution in [1.29, 1.82) is 0 Å². The van der Waals surface area contributed by atoms with Crippen LogP contribution in [0.25, 0.3) is 0 Å². The van der Waals surface area contributed by atoms with Gasteiger partial charge in [-0.1, -0.05) is 6.92 Å². The van der Waals surface area contributed by atoms with E-state index in [9.17, 15) is 9.18 Å². The number of carbonyl (C=O) groups is 1. The molecule has 1 aliphatic rings. The van der Waals surface area contributed by atoms with Gasteiger partial charge in [-0.05, 0) is 43.7 Å². The summed E-state index contributed by atoms with van der Waals surface area (Å²) in [7, 11) is 0. The summed E-state index contributed by atoms with van der Waals surface area (Å²) >= 11 is 0. The van der Waals surface area contributed by atoms with Gasteiger partial charge in [-0.3, -0.25) is 4.79 Å². The van der Waals surface area contributed by atoms with E-state index in [0.717, 1.165) is 32.5 Å². The Labute approximate surface area is 131 Å². The summed E-state index contributed by atoms with van der Waals surface area (Å²) in [5, 5.41) is 3.27. The van der Waals surface area contributed by atoms with Gasteiger partial charge in [-0.2, -0.15) is 0 Å². The molecule has 1 aliphatic heterocycles. The van der Waals surface area contributed by atoms with Crippen molar-refractivity contribution in [1.82, 2.24) is 10.2 Å². The number of nitrogens with zero attached hydrogens (tertiary/aromatic N) is 1. The maximum absolute atomic E-state index is 12.8. The highest BCUT2D eigenvalue weighted by molar-refractivity contribution is 5.85. The number of amides is 1. The van der Waals surface area contributed by atoms with E-state index in [0.29, 0.717) is 5.75 Å². The van der Waals surface area contributed by atoms with E-state index in [1.54, 1.807) is 0 Å². The summed E-state index contributed by atoms with van der Waals surface area (Å²) in [6.45, 7) is 4.61. The Morgan fingerprint density at radius 1 is 1.43 bits per heavy atom. The predicted molar refractivity (Wildman–Crippen MR) is 82.4 cm³/mol. The zero-order valence-electron chi connectivity index (χ0n) is 12.2. The Bertz CT molecular complexity index is 436. The van der Waals surface area contributed by atoms with E-state index in [4.69, 9.17) is 4.74 Å². The second-order valence-corrected chi connectivity index (χ2v) is 4.98. The molecule has 4 nitrogen and oxygen atoms in total. The lowest BCUT2D eigenvalue weighted by molar-refractivity contribution is -0.135. The number of rotatable bonds is 6. The molecule has 6 heteroatoms. The van der Waals surface area contributed by atoms with Gasteiger partial charge in [0.2, 0.25) is 0 Å². The second-order valence-electron chi connectivity index (χ2n) is 4.98. The number of hydrogen-bond acceptors (Lipinski definition) is 3. The van der Waals surface area contributed by atoms with Crippen molar-refractivity contribution in [2.45, 2.75) is 25.8 Å². The number of carbonyl (C=O) groups excluding carboxylic acids is 1. The standard InChI is InChI=1S/C15H21FN2O2.ClH/c1-2-9-18(13-7-8-17-10-13)15(19)11-20-14-5-3-12(16)4-6-14;/h3-6,13,17H,2,7-11H2,1H3;1H. The highest BCUT2D eigenvalue weighted by Gasteiger charge is 2.25. The van der Waals surface area contributed by atoms with Crippen molar-refractivity contribution in [3.05, 3.63) is 30.1 Å². The molecule has 1 N–H and O–H groups in total. The predicted octanol–water partition coefficient (Wildman–Crippen LogP) is 2.23. The Kier molecular flexibility index (Phi) is 7.47. The Hall–Kier alpha value is -1.33. The molecule has 1 unspecified atom stereocenters. The van der Waals surface area contributed by atoms with Gasteiger partial charge in [-0.25, -0.2) is 4.39 Å². The lowest BCUT2D eigenvalue weighted by atomic mass is 10.2. The van der Waals surface area contributed by atoms with Crippen molar-refractivity contribution in [2.75, 3.05) is 26.2 Å². The fourth-order valence-electron chi connectivity index (χ4n) is 2.42. The van der Waals surface area contributed by atoms with E-state index in [2.05, 4.69) is 12.2 Å². The highest BCUT2D eigenvalue weighted by Crippen LogP contribution is 2.13. The van der Waals surface area contributed by atoms with E-state index in [1.807, 2.05) is 4.90 Å². The van der Waals surface area contributed by atoms with Crippen LogP contribution in [0.15, 0.2) is 24.3 Å². The molecular formula is C15H22ClFN2O2. The van der Waals surface area contributed by atoms with Gasteiger partial charge in [0, 0.05) is 19.1 Å². The first-order chi connectivity index (χ1) is 9.70. The topological polar surface area (TPSA) is 41.6 Å². The molecule has 1 amide bonds. The molecular weight excluding hydrogens is 295 g/mol. The largest absolute Gasteiger partial charge is 0.484 e. The number of benzene rings is 1. The fraction of sp³-hybridized carbons (Fsp3) is 0.533. The summed E-state index contributed by atoms with van der Waals surface area (Å²) in [5.74, 6) is 0.193. The van der Waals surface area contributed by atoms with Gasteiger partial charge in [0.1, 0.15) is 11.6 Å². The smallest absolute Gasteiger partial charge is 0.260 e. The molecule has 1 fully saturated rings. The van der Waals surface area contributed by atoms with E-state index < -0.39 is 0 Å². The van der Waals surface area contributed by atoms with Gasteiger partial charge >= 0.3 is 0 Å². The zero-order valence-corrected chi connectivity index (χ0v) is 13.0. The van der Waals surface area contributed by atoms with E-state index in [1.165, 1.54) is 24.3 Å². The third kappa shape index (κ3) is 5.17. The molecule has 2 rings (SSSR count). The van der Waals surface area contributed by atoms with Crippen molar-refractivity contribution in [3.8, 4) is 5.75 Å². The molecule has 1 aromatic carbocycles. The Morgan fingerprint density at radius 2 is 2.14 bits per heavy atom. The first-order valence-corrected chi connectivity index (χ1v) is 7.09. The van der Waals surface area contributed by atoms with Crippen LogP contribution in [0, 0.1) is 5.82 Å². The normalized spacial score (nSPS) is 17.1. The second kappa shape index (κ2) is 8.85. The molecule has 0 radical (unpaired) electrons. The maximum atomic E-state index is 12.8. The maximum Gasteiger partial charge on any atom is 0.260 e. The SMILES string of the molecule is CCCN(C(=O)COc1ccc(F)cc1)C1CCNC1.Cl. The van der Waals surface area contributed by atoms with E-state index in [-0.39, 0.29) is 36.8 Å². The van der Waals surface area contributed by atoms with Gasteiger partial charge in [0.25, 0.3) is 5.91 Å². The third-order valence-electron chi connectivity index (χ3n) is 3.44. The summed E-state index contributed by atoms with van der Waals surface area (Å²) < 4.78 is 18.2. The first kappa shape index (κ1) is 17.7. The molecule has 0 bridgehead atoms. The van der Waals surface area contributed by atoms with Crippen LogP contribution >= 0.6 is 12.4 Å². The molecule has 1 saturated heterocycles. The molecule has 0 saturated carbocycles. The van der Waals surface area contributed by atoms with Crippen LogP contribution in [0.3, 0.4) is 0 Å². The Balaban J connectivity index is 0.00000220. The van der Waals surface area contributed by atoms with Crippen LogP contribution in [0.4, 0.5) is 4.39 Å². The number of halogens is 2. The summed E-state index contributed by atoms with van der Waals surface area (Å²) in [4.78, 5) is 14.2. The van der Waals surface area contributed by atoms with Gasteiger partial charge in [-0.15, -0.1) is 12.4 Å².